The smallest absolute Gasteiger partial charge is 0.377 e. The average Bonchev–Trinajstić information content (AvgIpc) is 3.16. The van der Waals surface area contributed by atoms with Gasteiger partial charge in [0.25, 0.3) is 5.56 Å². The van der Waals surface area contributed by atoms with Crippen LogP contribution in [0.3, 0.4) is 0 Å². The fourth-order valence-electron chi connectivity index (χ4n) is 4.01. The summed E-state index contributed by atoms with van der Waals surface area (Å²) in [5, 5.41) is 3.49. The first-order valence-corrected chi connectivity index (χ1v) is 9.77. The van der Waals surface area contributed by atoms with Gasteiger partial charge in [0.1, 0.15) is 11.9 Å². The number of ether oxygens (including phenoxy) is 1. The Bertz CT molecular complexity index is 991. The van der Waals surface area contributed by atoms with E-state index < -0.39 is 37.3 Å². The van der Waals surface area contributed by atoms with Crippen LogP contribution in [0.2, 0.25) is 0 Å². The summed E-state index contributed by atoms with van der Waals surface area (Å²) in [6.45, 7) is -0.629. The number of morpholine rings is 1. The fraction of sp³-hybridized carbons (Fsp3) is 0.611. The van der Waals surface area contributed by atoms with Gasteiger partial charge in [-0.3, -0.25) is 9.36 Å². The van der Waals surface area contributed by atoms with Gasteiger partial charge < -0.3 is 14.5 Å². The van der Waals surface area contributed by atoms with E-state index in [0.717, 1.165) is 15.7 Å². The zero-order valence-electron chi connectivity index (χ0n) is 16.6. The van der Waals surface area contributed by atoms with Gasteiger partial charge in [-0.15, -0.1) is 0 Å². The van der Waals surface area contributed by atoms with Crippen molar-refractivity contribution in [2.45, 2.75) is 51.2 Å². The minimum atomic E-state index is -4.64. The van der Waals surface area contributed by atoms with Crippen molar-refractivity contribution in [1.82, 2.24) is 19.3 Å². The van der Waals surface area contributed by atoms with Gasteiger partial charge in [-0.05, 0) is 19.4 Å². The van der Waals surface area contributed by atoms with Crippen LogP contribution >= 0.6 is 0 Å². The second kappa shape index (κ2) is 8.09. The van der Waals surface area contributed by atoms with Gasteiger partial charge >= 0.3 is 12.7 Å². The molecule has 2 aliphatic heterocycles. The molecule has 0 bridgehead atoms. The molecule has 0 amide bonds. The third kappa shape index (κ3) is 4.10. The standard InChI is InChI=1S/C18H21F5N6O2/c1-11-10-31-7-6-26(11)14-8-15(30)27-5-3-13(18(21,22)23)28(17(27)25-14)9-12-2-4-24-29(12)16(19)20/h2,4,8,11,13,16H,3,5-7,9-10H2,1H3/t11-,13+/m1/s1. The molecule has 31 heavy (non-hydrogen) atoms. The molecule has 1 saturated heterocycles. The number of hydrogen-bond donors (Lipinski definition) is 0. The number of alkyl halides is 5. The zero-order chi connectivity index (χ0) is 22.3. The highest BCUT2D eigenvalue weighted by Crippen LogP contribution is 2.35. The fourth-order valence-corrected chi connectivity index (χ4v) is 4.01. The maximum Gasteiger partial charge on any atom is 0.408 e. The molecule has 0 unspecified atom stereocenters. The molecule has 1 fully saturated rings. The lowest BCUT2D eigenvalue weighted by atomic mass is 10.1. The minimum absolute atomic E-state index is 0.114. The van der Waals surface area contributed by atoms with Gasteiger partial charge in [0, 0.05) is 25.4 Å². The van der Waals surface area contributed by atoms with Crippen molar-refractivity contribution in [2.24, 2.45) is 0 Å². The number of fused-ring (bicyclic) bond motifs is 1. The highest BCUT2D eigenvalue weighted by Gasteiger charge is 2.47. The Labute approximate surface area is 173 Å². The topological polar surface area (TPSA) is 68.4 Å². The molecule has 0 aliphatic carbocycles. The second-order valence-electron chi connectivity index (χ2n) is 7.54. The van der Waals surface area contributed by atoms with E-state index in [0.29, 0.717) is 24.4 Å². The lowest BCUT2D eigenvalue weighted by Gasteiger charge is -2.40. The first-order chi connectivity index (χ1) is 14.7. The molecule has 170 valence electrons. The quantitative estimate of drug-likeness (QED) is 0.670. The van der Waals surface area contributed by atoms with Crippen LogP contribution in [0.1, 0.15) is 25.6 Å². The van der Waals surface area contributed by atoms with E-state index in [4.69, 9.17) is 4.74 Å². The van der Waals surface area contributed by atoms with Crippen molar-refractivity contribution < 1.29 is 26.7 Å². The Morgan fingerprint density at radius 2 is 2.06 bits per heavy atom. The van der Waals surface area contributed by atoms with Gasteiger partial charge in [-0.2, -0.15) is 32.0 Å². The SMILES string of the molecule is C[C@@H]1COCCN1c1cc(=O)n2c(n1)N(Cc1ccnn1C(F)F)[C@H](C(F)(F)F)CC2. The Balaban J connectivity index is 1.79. The van der Waals surface area contributed by atoms with Gasteiger partial charge in [0.15, 0.2) is 0 Å². The van der Waals surface area contributed by atoms with Crippen LogP contribution in [0.25, 0.3) is 0 Å². The van der Waals surface area contributed by atoms with Gasteiger partial charge in [0.05, 0.1) is 31.5 Å². The van der Waals surface area contributed by atoms with E-state index in [9.17, 15) is 26.7 Å². The summed E-state index contributed by atoms with van der Waals surface area (Å²) in [5.41, 5.74) is -0.608. The second-order valence-corrected chi connectivity index (χ2v) is 7.54. The number of nitrogens with zero attached hydrogens (tertiary/aromatic N) is 6. The molecule has 4 rings (SSSR count). The van der Waals surface area contributed by atoms with Crippen molar-refractivity contribution in [3.63, 3.8) is 0 Å². The first kappa shape index (κ1) is 21.5. The number of aromatic nitrogens is 4. The monoisotopic (exact) mass is 448 g/mol. The molecule has 13 heteroatoms. The Morgan fingerprint density at radius 1 is 1.29 bits per heavy atom. The molecular formula is C18H21F5N6O2. The Hall–Kier alpha value is -2.70. The van der Waals surface area contributed by atoms with E-state index in [-0.39, 0.29) is 30.0 Å². The van der Waals surface area contributed by atoms with Gasteiger partial charge in [-0.25, -0.2) is 4.68 Å². The van der Waals surface area contributed by atoms with Crippen LogP contribution in [0.15, 0.2) is 23.1 Å². The zero-order valence-corrected chi connectivity index (χ0v) is 16.6. The molecule has 2 atom stereocenters. The number of rotatable bonds is 4. The van der Waals surface area contributed by atoms with Gasteiger partial charge in [-0.1, -0.05) is 0 Å². The number of anilines is 2. The summed E-state index contributed by atoms with van der Waals surface area (Å²) < 4.78 is 74.8. The summed E-state index contributed by atoms with van der Waals surface area (Å²) in [7, 11) is 0. The largest absolute Gasteiger partial charge is 0.408 e. The summed E-state index contributed by atoms with van der Waals surface area (Å²) in [5.74, 6) is 0.0408. The predicted octanol–water partition coefficient (Wildman–Crippen LogP) is 2.40. The third-order valence-electron chi connectivity index (χ3n) is 5.54. The molecule has 0 radical (unpaired) electrons. The summed E-state index contributed by atoms with van der Waals surface area (Å²) in [4.78, 5) is 19.8. The van der Waals surface area contributed by atoms with Crippen molar-refractivity contribution in [2.75, 3.05) is 29.6 Å². The lowest BCUT2D eigenvalue weighted by molar-refractivity contribution is -0.153. The van der Waals surface area contributed by atoms with Crippen molar-refractivity contribution in [3.05, 3.63) is 34.4 Å². The van der Waals surface area contributed by atoms with E-state index >= 15 is 0 Å². The first-order valence-electron chi connectivity index (χ1n) is 9.77. The lowest BCUT2D eigenvalue weighted by Crippen LogP contribution is -2.52. The molecule has 0 N–H and O–H groups in total. The Kier molecular flexibility index (Phi) is 5.62. The Morgan fingerprint density at radius 3 is 2.74 bits per heavy atom. The van der Waals surface area contributed by atoms with Crippen LogP contribution < -0.4 is 15.4 Å². The molecule has 2 aliphatic rings. The number of halogens is 5. The van der Waals surface area contributed by atoms with Crippen LogP contribution in [0.4, 0.5) is 33.7 Å². The molecular weight excluding hydrogens is 427 g/mol. The predicted molar refractivity (Wildman–Crippen MR) is 100 cm³/mol. The maximum atomic E-state index is 13.8. The van der Waals surface area contributed by atoms with E-state index in [1.54, 1.807) is 4.90 Å². The molecule has 2 aromatic rings. The highest BCUT2D eigenvalue weighted by atomic mass is 19.4. The normalized spacial score (nSPS) is 22.2. The highest BCUT2D eigenvalue weighted by molar-refractivity contribution is 5.47. The van der Waals surface area contributed by atoms with Crippen molar-refractivity contribution >= 4 is 11.8 Å². The third-order valence-corrected chi connectivity index (χ3v) is 5.54. The van der Waals surface area contributed by atoms with Crippen LogP contribution in [0.5, 0.6) is 0 Å². The molecule has 4 heterocycles. The van der Waals surface area contributed by atoms with Crippen LogP contribution in [0, 0.1) is 0 Å². The van der Waals surface area contributed by atoms with E-state index in [2.05, 4.69) is 10.1 Å². The minimum Gasteiger partial charge on any atom is -0.377 e. The summed E-state index contributed by atoms with van der Waals surface area (Å²) >= 11 is 0. The molecule has 2 aromatic heterocycles. The summed E-state index contributed by atoms with van der Waals surface area (Å²) in [6.07, 6.45) is -3.94. The maximum absolute atomic E-state index is 13.8. The average molecular weight is 448 g/mol. The van der Waals surface area contributed by atoms with E-state index in [1.165, 1.54) is 12.1 Å². The summed E-state index contributed by atoms with van der Waals surface area (Å²) in [6, 6.07) is 0.419. The van der Waals surface area contributed by atoms with Gasteiger partial charge in [0.2, 0.25) is 5.95 Å². The molecule has 0 spiro atoms. The molecule has 0 aromatic carbocycles. The van der Waals surface area contributed by atoms with Crippen LogP contribution in [-0.2, 0) is 17.8 Å². The molecule has 0 saturated carbocycles. The van der Waals surface area contributed by atoms with Crippen molar-refractivity contribution in [1.29, 1.82) is 0 Å². The number of hydrogen-bond acceptors (Lipinski definition) is 6. The van der Waals surface area contributed by atoms with E-state index in [1.807, 2.05) is 6.92 Å². The van der Waals surface area contributed by atoms with Crippen molar-refractivity contribution in [3.8, 4) is 0 Å². The van der Waals surface area contributed by atoms with Crippen LogP contribution in [-0.4, -0.2) is 57.4 Å². The molecule has 8 nitrogen and oxygen atoms in total.